The van der Waals surface area contributed by atoms with Gasteiger partial charge in [-0.2, -0.15) is 4.31 Å². The van der Waals surface area contributed by atoms with Crippen molar-refractivity contribution in [1.82, 2.24) is 9.29 Å². The average Bonchev–Trinajstić information content (AvgIpc) is 2.27. The highest BCUT2D eigenvalue weighted by molar-refractivity contribution is 7.89. The summed E-state index contributed by atoms with van der Waals surface area (Å²) >= 11 is 0. The monoisotopic (exact) mass is 269 g/mol. The van der Waals surface area contributed by atoms with Gasteiger partial charge in [0.25, 0.3) is 0 Å². The molecule has 0 amide bonds. The van der Waals surface area contributed by atoms with Crippen LogP contribution in [0, 0.1) is 0 Å². The van der Waals surface area contributed by atoms with Crippen LogP contribution in [0.4, 0.5) is 5.69 Å². The van der Waals surface area contributed by atoms with Crippen molar-refractivity contribution < 1.29 is 8.42 Å². The Hall–Kier alpha value is -1.14. The van der Waals surface area contributed by atoms with Crippen LogP contribution in [-0.2, 0) is 10.0 Å². The van der Waals surface area contributed by atoms with Crippen molar-refractivity contribution in [1.29, 1.82) is 0 Å². The summed E-state index contributed by atoms with van der Waals surface area (Å²) in [4.78, 5) is 4.20. The maximum Gasteiger partial charge on any atom is 0.246 e. The summed E-state index contributed by atoms with van der Waals surface area (Å²) in [6.07, 6.45) is 6.03. The van der Waals surface area contributed by atoms with Crippen molar-refractivity contribution in [3.05, 3.63) is 18.5 Å². The second kappa shape index (κ2) is 5.24. The van der Waals surface area contributed by atoms with Crippen LogP contribution < -0.4 is 5.32 Å². The molecule has 1 aromatic heterocycles. The van der Waals surface area contributed by atoms with Crippen molar-refractivity contribution in [3.8, 4) is 0 Å². The van der Waals surface area contributed by atoms with Gasteiger partial charge in [-0.1, -0.05) is 6.42 Å². The van der Waals surface area contributed by atoms with E-state index in [0.717, 1.165) is 19.3 Å². The van der Waals surface area contributed by atoms with Gasteiger partial charge in [-0.25, -0.2) is 8.42 Å². The summed E-state index contributed by atoms with van der Waals surface area (Å²) in [5.41, 5.74) is 0.624. The van der Waals surface area contributed by atoms with Crippen LogP contribution >= 0.6 is 0 Å². The molecular formula is C12H19N3O2S. The molecule has 0 unspecified atom stereocenters. The van der Waals surface area contributed by atoms with Crippen molar-refractivity contribution >= 4 is 15.7 Å². The minimum absolute atomic E-state index is 0.143. The zero-order valence-corrected chi connectivity index (χ0v) is 11.6. The number of hydrogen-bond donors (Lipinski definition) is 1. The van der Waals surface area contributed by atoms with Crippen LogP contribution in [0.5, 0.6) is 0 Å². The topological polar surface area (TPSA) is 62.3 Å². The fourth-order valence-corrected chi connectivity index (χ4v) is 3.55. The highest BCUT2D eigenvalue weighted by Crippen LogP contribution is 2.30. The molecule has 18 heavy (non-hydrogen) atoms. The van der Waals surface area contributed by atoms with E-state index in [1.54, 1.807) is 19.3 Å². The smallest absolute Gasteiger partial charge is 0.246 e. The molecule has 0 atom stereocenters. The maximum atomic E-state index is 12.5. The molecule has 2 rings (SSSR count). The lowest BCUT2D eigenvalue weighted by molar-refractivity contribution is 0.249. The third-order valence-corrected chi connectivity index (χ3v) is 5.34. The van der Waals surface area contributed by atoms with Gasteiger partial charge < -0.3 is 5.32 Å². The summed E-state index contributed by atoms with van der Waals surface area (Å²) in [7, 11) is -1.79. The molecule has 5 nitrogen and oxygen atoms in total. The van der Waals surface area contributed by atoms with Crippen molar-refractivity contribution in [3.63, 3.8) is 0 Å². The van der Waals surface area contributed by atoms with Gasteiger partial charge in [0, 0.05) is 32.0 Å². The van der Waals surface area contributed by atoms with Gasteiger partial charge in [0.05, 0.1) is 5.69 Å². The fraction of sp³-hybridized carbons (Fsp3) is 0.583. The van der Waals surface area contributed by atoms with E-state index in [4.69, 9.17) is 0 Å². The van der Waals surface area contributed by atoms with Gasteiger partial charge >= 0.3 is 0 Å². The first kappa shape index (κ1) is 13.3. The highest BCUT2D eigenvalue weighted by Gasteiger charge is 2.33. The second-order valence-corrected chi connectivity index (χ2v) is 6.47. The summed E-state index contributed by atoms with van der Waals surface area (Å²) in [6, 6.07) is 1.84. The third kappa shape index (κ3) is 2.35. The lowest BCUT2D eigenvalue weighted by atomic mass is 9.94. The summed E-state index contributed by atoms with van der Waals surface area (Å²) in [6.45, 7) is 2.62. The number of anilines is 1. The molecule has 0 aromatic carbocycles. The zero-order valence-electron chi connectivity index (χ0n) is 10.8. The van der Waals surface area contributed by atoms with Gasteiger partial charge in [0.15, 0.2) is 0 Å². The number of hydrogen-bond acceptors (Lipinski definition) is 4. The Morgan fingerprint density at radius 1 is 1.50 bits per heavy atom. The van der Waals surface area contributed by atoms with Gasteiger partial charge in [-0.05, 0) is 25.8 Å². The maximum absolute atomic E-state index is 12.5. The Balaban J connectivity index is 2.34. The van der Waals surface area contributed by atoms with E-state index in [-0.39, 0.29) is 10.9 Å². The molecule has 0 spiro atoms. The van der Waals surface area contributed by atoms with Crippen LogP contribution in [0.3, 0.4) is 0 Å². The normalized spacial score (nSPS) is 16.6. The van der Waals surface area contributed by atoms with E-state index in [9.17, 15) is 8.42 Å². The number of pyridine rings is 1. The first-order valence-corrected chi connectivity index (χ1v) is 7.67. The molecule has 1 heterocycles. The molecular weight excluding hydrogens is 250 g/mol. The Labute approximate surface area is 108 Å². The predicted octanol–water partition coefficient (Wildman–Crippen LogP) is 1.69. The molecule has 1 aromatic rings. The van der Waals surface area contributed by atoms with Crippen LogP contribution in [0.1, 0.15) is 26.2 Å². The molecule has 1 aliphatic rings. The van der Waals surface area contributed by atoms with Gasteiger partial charge in [-0.15, -0.1) is 0 Å². The lowest BCUT2D eigenvalue weighted by Gasteiger charge is -2.34. The molecule has 0 aliphatic heterocycles. The van der Waals surface area contributed by atoms with Crippen molar-refractivity contribution in [2.45, 2.75) is 37.1 Å². The quantitative estimate of drug-likeness (QED) is 0.883. The van der Waals surface area contributed by atoms with Crippen LogP contribution in [0.15, 0.2) is 23.4 Å². The molecule has 6 heteroatoms. The molecule has 0 radical (unpaired) electrons. The van der Waals surface area contributed by atoms with Crippen LogP contribution in [0.2, 0.25) is 0 Å². The Bertz CT molecular complexity index is 512. The zero-order chi connectivity index (χ0) is 13.2. The summed E-state index contributed by atoms with van der Waals surface area (Å²) in [5.74, 6) is 0. The lowest BCUT2D eigenvalue weighted by Crippen LogP contribution is -2.41. The summed E-state index contributed by atoms with van der Waals surface area (Å²) < 4.78 is 26.5. The van der Waals surface area contributed by atoms with E-state index in [1.165, 1.54) is 10.5 Å². The fourth-order valence-electron chi connectivity index (χ4n) is 2.02. The molecule has 1 saturated carbocycles. The predicted molar refractivity (Wildman–Crippen MR) is 71.0 cm³/mol. The largest absolute Gasteiger partial charge is 0.384 e. The summed E-state index contributed by atoms with van der Waals surface area (Å²) in [5, 5.41) is 3.07. The number of nitrogens with one attached hydrogen (secondary N) is 1. The van der Waals surface area contributed by atoms with Crippen LogP contribution in [0.25, 0.3) is 0 Å². The van der Waals surface area contributed by atoms with Crippen molar-refractivity contribution in [2.75, 3.05) is 18.9 Å². The van der Waals surface area contributed by atoms with Crippen LogP contribution in [-0.4, -0.2) is 37.3 Å². The SMILES string of the molecule is CCNc1ccncc1S(=O)(=O)N(C)C1CCC1. The first-order chi connectivity index (χ1) is 8.57. The van der Waals surface area contributed by atoms with E-state index in [0.29, 0.717) is 12.2 Å². The van der Waals surface area contributed by atoms with Gasteiger partial charge in [-0.3, -0.25) is 4.98 Å². The van der Waals surface area contributed by atoms with Gasteiger partial charge in [0.2, 0.25) is 10.0 Å². The molecule has 0 bridgehead atoms. The third-order valence-electron chi connectivity index (χ3n) is 3.40. The van der Waals surface area contributed by atoms with Crippen molar-refractivity contribution in [2.24, 2.45) is 0 Å². The molecule has 1 aliphatic carbocycles. The highest BCUT2D eigenvalue weighted by atomic mass is 32.2. The number of sulfonamides is 1. The first-order valence-electron chi connectivity index (χ1n) is 6.23. The molecule has 1 N–H and O–H groups in total. The Morgan fingerprint density at radius 2 is 2.22 bits per heavy atom. The average molecular weight is 269 g/mol. The van der Waals surface area contributed by atoms with Gasteiger partial charge in [0.1, 0.15) is 4.90 Å². The number of aromatic nitrogens is 1. The minimum atomic E-state index is -3.44. The molecule has 1 fully saturated rings. The second-order valence-electron chi connectivity index (χ2n) is 4.51. The molecule has 0 saturated heterocycles. The van der Waals surface area contributed by atoms with E-state index >= 15 is 0 Å². The molecule has 100 valence electrons. The standard InChI is InChI=1S/C12H19N3O2S/c1-3-14-11-7-8-13-9-12(11)18(16,17)15(2)10-5-4-6-10/h7-10H,3-6H2,1-2H3,(H,13,14). The number of rotatable bonds is 5. The minimum Gasteiger partial charge on any atom is -0.384 e. The number of nitrogens with zero attached hydrogens (tertiary/aromatic N) is 2. The Kier molecular flexibility index (Phi) is 3.87. The Morgan fingerprint density at radius 3 is 2.78 bits per heavy atom. The van der Waals surface area contributed by atoms with E-state index in [2.05, 4.69) is 10.3 Å². The van der Waals surface area contributed by atoms with E-state index in [1.807, 2.05) is 6.92 Å². The van der Waals surface area contributed by atoms with E-state index < -0.39 is 10.0 Å².